The largest absolute Gasteiger partial charge is 0.573 e. The van der Waals surface area contributed by atoms with E-state index in [4.69, 9.17) is 0 Å². The van der Waals surface area contributed by atoms with Crippen molar-refractivity contribution in [1.82, 2.24) is 5.32 Å². The zero-order chi connectivity index (χ0) is 18.1. The van der Waals surface area contributed by atoms with E-state index < -0.39 is 12.0 Å². The van der Waals surface area contributed by atoms with E-state index in [1.54, 1.807) is 6.07 Å². The van der Waals surface area contributed by atoms with Crippen molar-refractivity contribution < 1.29 is 27.8 Å². The highest BCUT2D eigenvalue weighted by Gasteiger charge is 2.40. The minimum absolute atomic E-state index is 0.135. The molecule has 1 aromatic carbocycles. The lowest BCUT2D eigenvalue weighted by Crippen LogP contribution is -2.49. The van der Waals surface area contributed by atoms with Crippen molar-refractivity contribution in [3.8, 4) is 5.75 Å². The van der Waals surface area contributed by atoms with Gasteiger partial charge in [0.15, 0.2) is 0 Å². The molecule has 1 heterocycles. The first-order valence-corrected chi connectivity index (χ1v) is 8.39. The standard InChI is InChI=1S/C17H21F3N2O3/c18-17(19,20)25-14-5-3-4-13(10-14)22-9-6-12(11-22)21-15(23)16(24)7-1-2-8-16/h3-5,10,12,24H,1-2,6-9,11H2,(H,21,23)/t12-/m0/s1. The summed E-state index contributed by atoms with van der Waals surface area (Å²) in [6.07, 6.45) is -1.42. The second-order valence-corrected chi connectivity index (χ2v) is 6.69. The summed E-state index contributed by atoms with van der Waals surface area (Å²) in [5.41, 5.74) is -0.661. The van der Waals surface area contributed by atoms with Crippen molar-refractivity contribution in [3.63, 3.8) is 0 Å². The van der Waals surface area contributed by atoms with E-state index >= 15 is 0 Å². The second kappa shape index (κ2) is 6.74. The second-order valence-electron chi connectivity index (χ2n) is 6.69. The molecule has 1 saturated carbocycles. The Kier molecular flexibility index (Phi) is 4.81. The van der Waals surface area contributed by atoms with Gasteiger partial charge in [0.2, 0.25) is 0 Å². The topological polar surface area (TPSA) is 61.8 Å². The van der Waals surface area contributed by atoms with Crippen molar-refractivity contribution in [1.29, 1.82) is 0 Å². The van der Waals surface area contributed by atoms with Crippen molar-refractivity contribution in [2.75, 3.05) is 18.0 Å². The molecule has 1 aliphatic heterocycles. The van der Waals surface area contributed by atoms with Crippen LogP contribution >= 0.6 is 0 Å². The zero-order valence-electron chi connectivity index (χ0n) is 13.7. The molecule has 2 fully saturated rings. The minimum atomic E-state index is -4.73. The molecular formula is C17H21F3N2O3. The highest BCUT2D eigenvalue weighted by molar-refractivity contribution is 5.85. The van der Waals surface area contributed by atoms with Crippen molar-refractivity contribution in [3.05, 3.63) is 24.3 Å². The number of hydrogen-bond donors (Lipinski definition) is 2. The first kappa shape index (κ1) is 17.8. The third-order valence-electron chi connectivity index (χ3n) is 4.79. The third kappa shape index (κ3) is 4.36. The van der Waals surface area contributed by atoms with E-state index in [1.807, 2.05) is 4.90 Å². The molecule has 0 unspecified atom stereocenters. The lowest BCUT2D eigenvalue weighted by molar-refractivity contribution is -0.274. The summed E-state index contributed by atoms with van der Waals surface area (Å²) in [5.74, 6) is -0.608. The van der Waals surface area contributed by atoms with Crippen LogP contribution in [0.2, 0.25) is 0 Å². The van der Waals surface area contributed by atoms with Gasteiger partial charge in [-0.2, -0.15) is 0 Å². The molecule has 1 atom stereocenters. The van der Waals surface area contributed by atoms with Gasteiger partial charge in [-0.3, -0.25) is 4.79 Å². The summed E-state index contributed by atoms with van der Waals surface area (Å²) in [5, 5.41) is 13.2. The van der Waals surface area contributed by atoms with Crippen molar-refractivity contribution in [2.45, 2.75) is 50.1 Å². The van der Waals surface area contributed by atoms with E-state index in [9.17, 15) is 23.1 Å². The Balaban J connectivity index is 1.59. The van der Waals surface area contributed by atoms with Crippen LogP contribution < -0.4 is 15.0 Å². The normalized spacial score (nSPS) is 22.9. The van der Waals surface area contributed by atoms with Crippen LogP contribution in [-0.4, -0.2) is 42.1 Å². The average Bonchev–Trinajstić information content (AvgIpc) is 3.16. The quantitative estimate of drug-likeness (QED) is 0.869. The average molecular weight is 358 g/mol. The van der Waals surface area contributed by atoms with Gasteiger partial charge in [-0.1, -0.05) is 6.07 Å². The van der Waals surface area contributed by atoms with Gasteiger partial charge in [0.25, 0.3) is 5.91 Å². The smallest absolute Gasteiger partial charge is 0.406 e. The van der Waals surface area contributed by atoms with Crippen molar-refractivity contribution >= 4 is 11.6 Å². The van der Waals surface area contributed by atoms with Crippen LogP contribution in [0.5, 0.6) is 5.75 Å². The highest BCUT2D eigenvalue weighted by atomic mass is 19.4. The highest BCUT2D eigenvalue weighted by Crippen LogP contribution is 2.31. The van der Waals surface area contributed by atoms with Crippen LogP contribution in [0.1, 0.15) is 32.1 Å². The number of hydrogen-bond acceptors (Lipinski definition) is 4. The Labute approximate surface area is 143 Å². The summed E-state index contributed by atoms with van der Waals surface area (Å²) >= 11 is 0. The molecule has 0 aromatic heterocycles. The Bertz CT molecular complexity index is 630. The molecule has 3 rings (SSSR count). The fourth-order valence-electron chi connectivity index (χ4n) is 3.50. The fraction of sp³-hybridized carbons (Fsp3) is 0.588. The molecule has 1 aliphatic carbocycles. The predicted molar refractivity (Wildman–Crippen MR) is 85.3 cm³/mol. The number of halogens is 3. The van der Waals surface area contributed by atoms with Gasteiger partial charge in [0, 0.05) is 30.9 Å². The molecular weight excluding hydrogens is 337 g/mol. The number of carbonyl (C=O) groups is 1. The third-order valence-corrected chi connectivity index (χ3v) is 4.79. The molecule has 1 aromatic rings. The van der Waals surface area contributed by atoms with Gasteiger partial charge >= 0.3 is 6.36 Å². The van der Waals surface area contributed by atoms with Gasteiger partial charge in [-0.15, -0.1) is 13.2 Å². The molecule has 0 radical (unpaired) electrons. The van der Waals surface area contributed by atoms with E-state index in [0.29, 0.717) is 38.0 Å². The van der Waals surface area contributed by atoms with E-state index in [2.05, 4.69) is 10.1 Å². The lowest BCUT2D eigenvalue weighted by atomic mass is 10.0. The number of amides is 1. The summed E-state index contributed by atoms with van der Waals surface area (Å²) in [6, 6.07) is 5.66. The number of rotatable bonds is 4. The van der Waals surface area contributed by atoms with Crippen LogP contribution in [0, 0.1) is 0 Å². The maximum Gasteiger partial charge on any atom is 0.573 e. The molecule has 2 N–H and O–H groups in total. The van der Waals surface area contributed by atoms with Crippen LogP contribution in [0.3, 0.4) is 0 Å². The van der Waals surface area contributed by atoms with Gasteiger partial charge < -0.3 is 20.1 Å². The number of benzene rings is 1. The SMILES string of the molecule is O=C(N[C@H]1CCN(c2cccc(OC(F)(F)F)c2)C1)C1(O)CCCC1. The Morgan fingerprint density at radius 3 is 2.72 bits per heavy atom. The van der Waals surface area contributed by atoms with Gasteiger partial charge in [-0.05, 0) is 44.2 Å². The number of ether oxygens (including phenoxy) is 1. The number of nitrogens with zero attached hydrogens (tertiary/aromatic N) is 1. The molecule has 8 heteroatoms. The fourth-order valence-corrected chi connectivity index (χ4v) is 3.50. The monoisotopic (exact) mass is 358 g/mol. The molecule has 5 nitrogen and oxygen atoms in total. The molecule has 138 valence electrons. The molecule has 25 heavy (non-hydrogen) atoms. The minimum Gasteiger partial charge on any atom is -0.406 e. The summed E-state index contributed by atoms with van der Waals surface area (Å²) in [4.78, 5) is 14.1. The molecule has 2 aliphatic rings. The maximum atomic E-state index is 12.3. The first-order valence-electron chi connectivity index (χ1n) is 8.39. The van der Waals surface area contributed by atoms with E-state index in [0.717, 1.165) is 12.8 Å². The molecule has 0 bridgehead atoms. The van der Waals surface area contributed by atoms with Crippen molar-refractivity contribution in [2.24, 2.45) is 0 Å². The van der Waals surface area contributed by atoms with Crippen LogP contribution in [0.25, 0.3) is 0 Å². The van der Waals surface area contributed by atoms with Gasteiger partial charge in [-0.25, -0.2) is 0 Å². The zero-order valence-corrected chi connectivity index (χ0v) is 13.7. The number of aliphatic hydroxyl groups is 1. The number of nitrogens with one attached hydrogen (secondary N) is 1. The van der Waals surface area contributed by atoms with Gasteiger partial charge in [0.1, 0.15) is 11.4 Å². The number of carbonyl (C=O) groups excluding carboxylic acids is 1. The van der Waals surface area contributed by atoms with E-state index in [1.165, 1.54) is 18.2 Å². The number of alkyl halides is 3. The predicted octanol–water partition coefficient (Wildman–Crippen LogP) is 2.59. The Morgan fingerprint density at radius 1 is 1.32 bits per heavy atom. The summed E-state index contributed by atoms with van der Waals surface area (Å²) < 4.78 is 40.9. The van der Waals surface area contributed by atoms with Gasteiger partial charge in [0.05, 0.1) is 0 Å². The molecule has 1 amide bonds. The summed E-state index contributed by atoms with van der Waals surface area (Å²) in [6.45, 7) is 1.09. The Hall–Kier alpha value is -1.96. The lowest BCUT2D eigenvalue weighted by Gasteiger charge is -2.24. The van der Waals surface area contributed by atoms with Crippen LogP contribution in [0.15, 0.2) is 24.3 Å². The van der Waals surface area contributed by atoms with Crippen LogP contribution in [-0.2, 0) is 4.79 Å². The molecule has 1 saturated heterocycles. The summed E-state index contributed by atoms with van der Waals surface area (Å²) in [7, 11) is 0. The maximum absolute atomic E-state index is 12.3. The van der Waals surface area contributed by atoms with Crippen LogP contribution in [0.4, 0.5) is 18.9 Å². The number of anilines is 1. The molecule has 0 spiro atoms. The van der Waals surface area contributed by atoms with E-state index in [-0.39, 0.29) is 17.7 Å². The first-order chi connectivity index (χ1) is 11.8. The Morgan fingerprint density at radius 2 is 2.04 bits per heavy atom.